The maximum Gasteiger partial charge on any atom is 0.336 e. The molecular weight excluding hydrogens is 1670 g/mol. The van der Waals surface area contributed by atoms with Crippen LogP contribution in [0.4, 0.5) is 0 Å². The second-order valence-corrected chi connectivity index (χ2v) is 32.3. The summed E-state index contributed by atoms with van der Waals surface area (Å²) in [7, 11) is 4.15. The van der Waals surface area contributed by atoms with Gasteiger partial charge in [-0.1, -0.05) is 18.2 Å². The van der Waals surface area contributed by atoms with Crippen LogP contribution in [-0.2, 0) is 176 Å². The first-order chi connectivity index (χ1) is 60.6. The van der Waals surface area contributed by atoms with Gasteiger partial charge in [-0.25, -0.2) is 169 Å². The van der Waals surface area contributed by atoms with E-state index in [2.05, 4.69) is 19.7 Å². The van der Waals surface area contributed by atoms with Crippen molar-refractivity contribution in [2.45, 2.75) is 248 Å². The zero-order valence-electron chi connectivity index (χ0n) is 70.7. The molecule has 6 aromatic heterocycles. The lowest BCUT2D eigenvalue weighted by molar-refractivity contribution is 0.343. The highest BCUT2D eigenvalue weighted by Gasteiger charge is 2.35. The van der Waals surface area contributed by atoms with Crippen molar-refractivity contribution in [1.29, 1.82) is 0 Å². The van der Waals surface area contributed by atoms with E-state index in [4.69, 9.17) is 56.8 Å². The highest BCUT2D eigenvalue weighted by atomic mass is 16.6. The van der Waals surface area contributed by atoms with Gasteiger partial charge >= 0.3 is 102 Å². The number of ether oxygens (including phenoxy) is 12. The Hall–Kier alpha value is -10.8. The van der Waals surface area contributed by atoms with E-state index < -0.39 is 102 Å². The van der Waals surface area contributed by atoms with Gasteiger partial charge < -0.3 is 56.8 Å². The largest absolute Gasteiger partial charge is 0.373 e. The van der Waals surface area contributed by atoms with Gasteiger partial charge in [-0.2, -0.15) is 0 Å². The van der Waals surface area contributed by atoms with Gasteiger partial charge in [0.25, 0.3) is 0 Å². The molecular formula is C78H108N18O30. The van der Waals surface area contributed by atoms with E-state index in [1.54, 1.807) is 0 Å². The second-order valence-electron chi connectivity index (χ2n) is 32.3. The molecule has 12 fully saturated rings. The number of rotatable bonds is 42. The first kappa shape index (κ1) is 92.9. The molecule has 12 aliphatic rings. The summed E-state index contributed by atoms with van der Waals surface area (Å²) in [6.07, 6.45) is 13.9. The van der Waals surface area contributed by atoms with Crippen LogP contribution in [0.5, 0.6) is 0 Å². The fourth-order valence-corrected chi connectivity index (χ4v) is 13.7. The minimum Gasteiger partial charge on any atom is -0.373 e. The van der Waals surface area contributed by atoms with Crippen molar-refractivity contribution in [2.24, 2.45) is 21.1 Å². The maximum absolute atomic E-state index is 12.6. The molecule has 12 saturated heterocycles. The summed E-state index contributed by atoms with van der Waals surface area (Å²) in [5.41, 5.74) is -10.3. The minimum absolute atomic E-state index is 0.0645. The zero-order valence-corrected chi connectivity index (χ0v) is 70.7. The Labute approximate surface area is 712 Å². The lowest BCUT2D eigenvalue weighted by Crippen LogP contribution is -2.55. The fourth-order valence-electron chi connectivity index (χ4n) is 13.7. The van der Waals surface area contributed by atoms with Crippen LogP contribution >= 0.6 is 0 Å². The van der Waals surface area contributed by atoms with Crippen LogP contribution in [0.15, 0.2) is 124 Å². The van der Waals surface area contributed by atoms with E-state index in [0.717, 1.165) is 134 Å². The molecule has 18 rings (SSSR count). The third kappa shape index (κ3) is 25.1. The van der Waals surface area contributed by atoms with Gasteiger partial charge in [-0.05, 0) is 77.0 Å². The Balaban J connectivity index is 0.000000130. The van der Waals surface area contributed by atoms with Gasteiger partial charge in [0.1, 0.15) is 0 Å². The first-order valence-corrected chi connectivity index (χ1v) is 42.3. The molecule has 6 aromatic rings. The molecule has 0 amide bonds. The molecule has 48 nitrogen and oxygen atoms in total. The van der Waals surface area contributed by atoms with Crippen molar-refractivity contribution >= 4 is 0 Å². The Morgan fingerprint density at radius 1 is 0.198 bits per heavy atom. The molecule has 0 spiro atoms. The monoisotopic (exact) mass is 1780 g/mol. The Morgan fingerprint density at radius 3 is 0.524 bits per heavy atom. The molecule has 0 N–H and O–H groups in total. The van der Waals surface area contributed by atoms with Gasteiger partial charge in [-0.3, -0.25) is 0 Å². The van der Waals surface area contributed by atoms with Crippen molar-refractivity contribution in [2.75, 3.05) is 79.3 Å². The van der Waals surface area contributed by atoms with Crippen LogP contribution in [0.2, 0.25) is 0 Å². The quantitative estimate of drug-likeness (QED) is 0.0254. The van der Waals surface area contributed by atoms with Gasteiger partial charge in [0.2, 0.25) is 0 Å². The van der Waals surface area contributed by atoms with E-state index in [1.165, 1.54) is 39.4 Å². The van der Waals surface area contributed by atoms with Crippen LogP contribution in [0.1, 0.15) is 77.0 Å². The number of aromatic nitrogens is 18. The van der Waals surface area contributed by atoms with Crippen molar-refractivity contribution in [3.63, 3.8) is 0 Å². The maximum atomic E-state index is 12.6. The molecule has 0 aliphatic carbocycles. The topological polar surface area (TPSA) is 546 Å². The summed E-state index contributed by atoms with van der Waals surface area (Å²) < 4.78 is 80.2. The first-order valence-electron chi connectivity index (χ1n) is 42.3. The highest BCUT2D eigenvalue weighted by molar-refractivity contribution is 4.92. The van der Waals surface area contributed by atoms with Gasteiger partial charge in [0.15, 0.2) is 0 Å². The summed E-state index contributed by atoms with van der Waals surface area (Å²) in [5.74, 6) is 0. The third-order valence-corrected chi connectivity index (χ3v) is 22.3. The van der Waals surface area contributed by atoms with Crippen LogP contribution in [0.3, 0.4) is 0 Å². The molecule has 12 atom stereocenters. The molecule has 0 bridgehead atoms. The van der Waals surface area contributed by atoms with Crippen molar-refractivity contribution < 1.29 is 56.8 Å². The summed E-state index contributed by atoms with van der Waals surface area (Å²) in [6.45, 7) is 21.7. The normalized spacial score (nSPS) is 23.2. The van der Waals surface area contributed by atoms with E-state index >= 15 is 0 Å². The summed E-state index contributed by atoms with van der Waals surface area (Å²) in [4.78, 5) is 220. The molecule has 48 heteroatoms. The molecule has 12 unspecified atom stereocenters. The molecule has 0 saturated carbocycles. The van der Waals surface area contributed by atoms with Crippen LogP contribution in [0, 0.1) is 0 Å². The van der Waals surface area contributed by atoms with Gasteiger partial charge in [-0.15, -0.1) is 19.7 Å². The van der Waals surface area contributed by atoms with Gasteiger partial charge in [0, 0.05) is 73.5 Å². The number of hydrogen-bond donors (Lipinski definition) is 0. The number of hydrogen-bond acceptors (Lipinski definition) is 30. The summed E-state index contributed by atoms with van der Waals surface area (Å²) in [5, 5.41) is 0. The van der Waals surface area contributed by atoms with Gasteiger partial charge in [0.05, 0.1) is 198 Å². The predicted octanol–water partition coefficient (Wildman–Crippen LogP) is -8.33. The molecule has 690 valence electrons. The SMILES string of the molecule is C=CCn1c(=O)n(CC2CO2)c(=O)n(CC2CO2)c1=O.C=CCn1c(=O)n(CCC2CO2)c(=O)n(CCC2CO2)c1=O.C=CCn1c(=O)n(CCCC2CO2)c(=O)n(CCCC2CO2)c1=O.Cn1c(=O)n(CC2CO2)c(=O)n(CC2CO2)c1=O.Cn1c(=O)n(CCC2CO2)c(=O)n(CCC2CO2)c1=O.Cn1c(=O)n(CCCC2CO2)c(=O)n(CCCC2CO2)c1=O. The van der Waals surface area contributed by atoms with Crippen molar-refractivity contribution in [3.05, 3.63) is 227 Å². The lowest BCUT2D eigenvalue weighted by Gasteiger charge is -2.12. The van der Waals surface area contributed by atoms with E-state index in [9.17, 15) is 86.3 Å². The Morgan fingerprint density at radius 2 is 0.333 bits per heavy atom. The van der Waals surface area contributed by atoms with E-state index in [0.29, 0.717) is 130 Å². The molecule has 12 aliphatic heterocycles. The molecule has 126 heavy (non-hydrogen) atoms. The van der Waals surface area contributed by atoms with E-state index in [1.807, 2.05) is 0 Å². The Kier molecular flexibility index (Phi) is 30.8. The van der Waals surface area contributed by atoms with Crippen LogP contribution < -0.4 is 102 Å². The third-order valence-electron chi connectivity index (χ3n) is 22.3. The van der Waals surface area contributed by atoms with Crippen molar-refractivity contribution in [3.8, 4) is 0 Å². The lowest BCUT2D eigenvalue weighted by atomic mass is 10.2. The molecule has 18 heterocycles. The predicted molar refractivity (Wildman–Crippen MR) is 441 cm³/mol. The standard InChI is InChI=1S/C16H23N3O5.C14H21N3O5.C14H19N3O5.C12H17N3O5.C12H15N3O5.C10H13N3O5/c1-2-7-17-14(20)18(8-3-5-12-10-23-12)16(22)19(15(17)21)9-4-6-13-11-24-13;1-15-12(18)16(6-2-4-10-8-21-10)14(20)17(13(15)19)7-3-5-11-9-22-11;1-2-5-15-12(18)16(6-3-10-8-21-10)14(20)17(13(15)19)7-4-11-9-22-11;1-13-10(16)14(4-2-8-6-19-8)12(18)15(11(13)17)5-3-9-7-20-9;1-2-3-13-10(16)14(4-8-6-19-8)12(18)15(11(13)17)5-9-7-20-9;1-11-8(14)12(2-6-4-17-6)10(16)13(9(11)15)3-7-5-18-7/h2,12-13H,1,3-11H2;10-11H,2-9H2,1H3;2,10-11H,1,3-9H2;8-9H,2-7H2,1H3;2,8-9H,1,3-7H2;6-7H,2-5H2,1H3. The van der Waals surface area contributed by atoms with Crippen LogP contribution in [0.25, 0.3) is 0 Å². The minimum atomic E-state index is -0.622. The Bertz CT molecular complexity index is 5830. The smallest absolute Gasteiger partial charge is 0.336 e. The van der Waals surface area contributed by atoms with E-state index in [-0.39, 0.29) is 145 Å². The average Bonchev–Trinajstić information content (AvgIpc) is 1.72. The highest BCUT2D eigenvalue weighted by Crippen LogP contribution is 2.21. The molecule has 0 aromatic carbocycles. The van der Waals surface area contributed by atoms with Crippen LogP contribution in [-0.4, -0.2) is 235 Å². The number of allylic oxidation sites excluding steroid dienone is 3. The number of epoxide rings is 12. The van der Waals surface area contributed by atoms with Crippen molar-refractivity contribution in [1.82, 2.24) is 82.2 Å². The molecule has 0 radical (unpaired) electrons. The second kappa shape index (κ2) is 41.8. The average molecular weight is 1780 g/mol. The number of nitrogens with zero attached hydrogens (tertiary/aromatic N) is 18. The zero-order chi connectivity index (χ0) is 89.9. The fraction of sp³-hybridized carbons (Fsp3) is 0.692. The summed E-state index contributed by atoms with van der Waals surface area (Å²) >= 11 is 0. The summed E-state index contributed by atoms with van der Waals surface area (Å²) in [6, 6.07) is 0.